The maximum atomic E-state index is 12.8. The SMILES string of the molecule is Cc1c(C(=O)Nc2cc(Cl)ccc2-c2nnnn2C)oc2ccccc12. The topological polar surface area (TPSA) is 85.8 Å². The minimum absolute atomic E-state index is 0.258. The van der Waals surface area contributed by atoms with Crippen LogP contribution in [0.3, 0.4) is 0 Å². The zero-order valence-corrected chi connectivity index (χ0v) is 14.8. The summed E-state index contributed by atoms with van der Waals surface area (Å²) in [5, 5.41) is 15.7. The second-order valence-corrected chi connectivity index (χ2v) is 6.26. The summed E-state index contributed by atoms with van der Waals surface area (Å²) in [6.45, 7) is 1.85. The van der Waals surface area contributed by atoms with Crippen molar-refractivity contribution in [1.29, 1.82) is 0 Å². The van der Waals surface area contributed by atoms with E-state index in [9.17, 15) is 4.79 Å². The molecule has 4 aromatic rings. The highest BCUT2D eigenvalue weighted by atomic mass is 35.5. The molecule has 0 aliphatic rings. The van der Waals surface area contributed by atoms with Crippen LogP contribution in [0.4, 0.5) is 5.69 Å². The number of nitrogens with zero attached hydrogens (tertiary/aromatic N) is 4. The largest absolute Gasteiger partial charge is 0.451 e. The Morgan fingerprint density at radius 3 is 2.77 bits per heavy atom. The minimum Gasteiger partial charge on any atom is -0.451 e. The molecule has 2 aromatic heterocycles. The van der Waals surface area contributed by atoms with Crippen LogP contribution >= 0.6 is 11.6 Å². The maximum Gasteiger partial charge on any atom is 0.291 e. The van der Waals surface area contributed by atoms with Gasteiger partial charge in [-0.2, -0.15) is 0 Å². The van der Waals surface area contributed by atoms with Gasteiger partial charge in [0, 0.05) is 28.6 Å². The number of benzene rings is 2. The number of aryl methyl sites for hydroxylation is 2. The van der Waals surface area contributed by atoms with Crippen LogP contribution in [0.5, 0.6) is 0 Å². The van der Waals surface area contributed by atoms with Crippen molar-refractivity contribution in [2.75, 3.05) is 5.32 Å². The molecular formula is C18H14ClN5O2. The maximum absolute atomic E-state index is 12.8. The molecule has 0 bridgehead atoms. The van der Waals surface area contributed by atoms with Crippen LogP contribution in [0.15, 0.2) is 46.9 Å². The lowest BCUT2D eigenvalue weighted by atomic mass is 10.1. The number of para-hydroxylation sites is 1. The zero-order chi connectivity index (χ0) is 18.3. The molecule has 1 amide bonds. The molecule has 0 fully saturated rings. The average Bonchev–Trinajstić information content (AvgIpc) is 3.19. The van der Waals surface area contributed by atoms with Gasteiger partial charge >= 0.3 is 0 Å². The van der Waals surface area contributed by atoms with Gasteiger partial charge in [-0.05, 0) is 41.6 Å². The summed E-state index contributed by atoms with van der Waals surface area (Å²) in [6.07, 6.45) is 0. The Labute approximate surface area is 153 Å². The molecule has 2 heterocycles. The van der Waals surface area contributed by atoms with E-state index in [1.807, 2.05) is 31.2 Å². The normalized spacial score (nSPS) is 11.0. The third-order valence-corrected chi connectivity index (χ3v) is 4.38. The Bertz CT molecular complexity index is 1130. The lowest BCUT2D eigenvalue weighted by Gasteiger charge is -2.10. The first-order valence-corrected chi connectivity index (χ1v) is 8.24. The fourth-order valence-electron chi connectivity index (χ4n) is 2.84. The predicted octanol–water partition coefficient (Wildman–Crippen LogP) is 3.84. The van der Waals surface area contributed by atoms with Crippen LogP contribution in [-0.2, 0) is 7.05 Å². The molecule has 1 N–H and O–H groups in total. The van der Waals surface area contributed by atoms with Gasteiger partial charge in [-0.3, -0.25) is 4.79 Å². The molecule has 26 heavy (non-hydrogen) atoms. The molecule has 7 nitrogen and oxygen atoms in total. The molecule has 0 aliphatic heterocycles. The Balaban J connectivity index is 1.75. The molecule has 130 valence electrons. The lowest BCUT2D eigenvalue weighted by Crippen LogP contribution is -2.13. The number of hydrogen-bond acceptors (Lipinski definition) is 5. The number of tetrazole rings is 1. The molecule has 0 saturated carbocycles. The van der Waals surface area contributed by atoms with Crippen molar-refractivity contribution in [2.24, 2.45) is 7.05 Å². The number of carbonyl (C=O) groups excluding carboxylic acids is 1. The molecule has 0 radical (unpaired) electrons. The number of nitrogens with one attached hydrogen (secondary N) is 1. The first kappa shape index (κ1) is 16.3. The van der Waals surface area contributed by atoms with Gasteiger partial charge in [-0.25, -0.2) is 4.68 Å². The number of carbonyl (C=O) groups is 1. The summed E-state index contributed by atoms with van der Waals surface area (Å²) in [5.74, 6) is 0.406. The second kappa shape index (κ2) is 6.27. The fraction of sp³-hybridized carbons (Fsp3) is 0.111. The van der Waals surface area contributed by atoms with Crippen LogP contribution in [0.2, 0.25) is 5.02 Å². The Hall–Kier alpha value is -3.19. The standard InChI is InChI=1S/C18H14ClN5O2/c1-10-12-5-3-4-6-15(12)26-16(10)18(25)20-14-9-11(19)7-8-13(14)17-21-22-23-24(17)2/h3-9H,1-2H3,(H,20,25). The fourth-order valence-corrected chi connectivity index (χ4v) is 3.01. The highest BCUT2D eigenvalue weighted by Gasteiger charge is 2.20. The van der Waals surface area contributed by atoms with Crippen molar-refractivity contribution in [3.8, 4) is 11.4 Å². The van der Waals surface area contributed by atoms with Gasteiger partial charge in [-0.1, -0.05) is 29.8 Å². The number of halogens is 1. The summed E-state index contributed by atoms with van der Waals surface area (Å²) < 4.78 is 7.25. The Morgan fingerprint density at radius 1 is 1.23 bits per heavy atom. The minimum atomic E-state index is -0.364. The van der Waals surface area contributed by atoms with Crippen LogP contribution in [-0.4, -0.2) is 26.1 Å². The lowest BCUT2D eigenvalue weighted by molar-refractivity contribution is 0.0998. The van der Waals surface area contributed by atoms with Gasteiger partial charge in [0.1, 0.15) is 5.58 Å². The van der Waals surface area contributed by atoms with E-state index >= 15 is 0 Å². The quantitative estimate of drug-likeness (QED) is 0.594. The predicted molar refractivity (Wildman–Crippen MR) is 98.1 cm³/mol. The first-order chi connectivity index (χ1) is 12.5. The third kappa shape index (κ3) is 2.72. The monoisotopic (exact) mass is 367 g/mol. The van der Waals surface area contributed by atoms with E-state index in [0.29, 0.717) is 27.7 Å². The number of hydrogen-bond donors (Lipinski definition) is 1. The van der Waals surface area contributed by atoms with E-state index < -0.39 is 0 Å². The molecule has 2 aromatic carbocycles. The van der Waals surface area contributed by atoms with Gasteiger partial charge in [0.2, 0.25) is 0 Å². The van der Waals surface area contributed by atoms with Crippen molar-refractivity contribution >= 4 is 34.2 Å². The molecule has 4 rings (SSSR count). The van der Waals surface area contributed by atoms with Crippen molar-refractivity contribution in [2.45, 2.75) is 6.92 Å². The van der Waals surface area contributed by atoms with Gasteiger partial charge in [0.25, 0.3) is 5.91 Å². The first-order valence-electron chi connectivity index (χ1n) is 7.86. The van der Waals surface area contributed by atoms with Gasteiger partial charge in [0.05, 0.1) is 5.69 Å². The van der Waals surface area contributed by atoms with Crippen molar-refractivity contribution in [3.63, 3.8) is 0 Å². The van der Waals surface area contributed by atoms with E-state index in [1.54, 1.807) is 25.2 Å². The van der Waals surface area contributed by atoms with Crippen molar-refractivity contribution in [3.05, 3.63) is 58.8 Å². The molecule has 0 saturated heterocycles. The average molecular weight is 368 g/mol. The van der Waals surface area contributed by atoms with E-state index in [1.165, 1.54) is 4.68 Å². The smallest absolute Gasteiger partial charge is 0.291 e. The number of anilines is 1. The van der Waals surface area contributed by atoms with E-state index in [4.69, 9.17) is 16.0 Å². The number of aromatic nitrogens is 4. The summed E-state index contributed by atoms with van der Waals surface area (Å²) in [6, 6.07) is 12.6. The highest BCUT2D eigenvalue weighted by Crippen LogP contribution is 2.31. The van der Waals surface area contributed by atoms with Crippen LogP contribution < -0.4 is 5.32 Å². The molecule has 0 aliphatic carbocycles. The summed E-state index contributed by atoms with van der Waals surface area (Å²) in [4.78, 5) is 12.8. The van der Waals surface area contributed by atoms with Crippen molar-refractivity contribution in [1.82, 2.24) is 20.2 Å². The van der Waals surface area contributed by atoms with Gasteiger partial charge in [-0.15, -0.1) is 5.10 Å². The molecule has 0 atom stereocenters. The second-order valence-electron chi connectivity index (χ2n) is 5.82. The van der Waals surface area contributed by atoms with E-state index in [-0.39, 0.29) is 11.7 Å². The van der Waals surface area contributed by atoms with Gasteiger partial charge < -0.3 is 9.73 Å². The third-order valence-electron chi connectivity index (χ3n) is 4.14. The molecule has 0 spiro atoms. The van der Waals surface area contributed by atoms with Crippen LogP contribution in [0.25, 0.3) is 22.4 Å². The molecular weight excluding hydrogens is 354 g/mol. The van der Waals surface area contributed by atoms with E-state index in [2.05, 4.69) is 20.8 Å². The van der Waals surface area contributed by atoms with E-state index in [0.717, 1.165) is 10.9 Å². The number of furan rings is 1. The highest BCUT2D eigenvalue weighted by molar-refractivity contribution is 6.31. The molecule has 8 heteroatoms. The number of fused-ring (bicyclic) bond motifs is 1. The van der Waals surface area contributed by atoms with Crippen LogP contribution in [0, 0.1) is 6.92 Å². The number of amides is 1. The molecule has 0 unspecified atom stereocenters. The zero-order valence-electron chi connectivity index (χ0n) is 14.0. The van der Waals surface area contributed by atoms with Crippen LogP contribution in [0.1, 0.15) is 16.1 Å². The summed E-state index contributed by atoms with van der Waals surface area (Å²) in [7, 11) is 1.72. The van der Waals surface area contributed by atoms with Gasteiger partial charge in [0.15, 0.2) is 11.6 Å². The number of rotatable bonds is 3. The summed E-state index contributed by atoms with van der Waals surface area (Å²) in [5.41, 5.74) is 2.60. The van der Waals surface area contributed by atoms with Crippen molar-refractivity contribution < 1.29 is 9.21 Å². The summed E-state index contributed by atoms with van der Waals surface area (Å²) >= 11 is 6.11. The Morgan fingerprint density at radius 2 is 2.04 bits per heavy atom. The Kier molecular flexibility index (Phi) is 3.93.